The summed E-state index contributed by atoms with van der Waals surface area (Å²) in [4.78, 5) is 0. The smallest absolute Gasteiger partial charge is 0.122 e. The van der Waals surface area contributed by atoms with E-state index >= 15 is 0 Å². The Labute approximate surface area is 115 Å². The zero-order chi connectivity index (χ0) is 13.3. The molecule has 19 heavy (non-hydrogen) atoms. The van der Waals surface area contributed by atoms with Crippen molar-refractivity contribution < 1.29 is 9.84 Å². The van der Waals surface area contributed by atoms with Crippen molar-refractivity contribution in [3.05, 3.63) is 29.3 Å². The van der Waals surface area contributed by atoms with Crippen molar-refractivity contribution in [1.82, 2.24) is 5.32 Å². The largest absolute Gasteiger partial charge is 0.490 e. The summed E-state index contributed by atoms with van der Waals surface area (Å²) in [7, 11) is 2.01. The molecule has 0 aromatic heterocycles. The summed E-state index contributed by atoms with van der Waals surface area (Å²) in [6.07, 6.45) is 6.19. The molecule has 0 spiro atoms. The van der Waals surface area contributed by atoms with Crippen LogP contribution in [0, 0.1) is 0 Å². The minimum atomic E-state index is -0.594. The highest BCUT2D eigenvalue weighted by atomic mass is 16.5. The molecule has 1 saturated carbocycles. The number of hydrogen-bond donors (Lipinski definition) is 2. The summed E-state index contributed by atoms with van der Waals surface area (Å²) in [5.41, 5.74) is 2.09. The van der Waals surface area contributed by atoms with E-state index in [0.29, 0.717) is 12.6 Å². The fourth-order valence-corrected chi connectivity index (χ4v) is 3.45. The summed E-state index contributed by atoms with van der Waals surface area (Å²) >= 11 is 0. The fraction of sp³-hybridized carbons (Fsp3) is 0.625. The van der Waals surface area contributed by atoms with Gasteiger partial charge in [0.25, 0.3) is 0 Å². The average molecular weight is 261 g/mol. The molecule has 2 aliphatic carbocycles. The van der Waals surface area contributed by atoms with Gasteiger partial charge in [0.2, 0.25) is 0 Å². The highest BCUT2D eigenvalue weighted by Gasteiger charge is 2.32. The maximum absolute atomic E-state index is 10.4. The van der Waals surface area contributed by atoms with Crippen LogP contribution in [0.4, 0.5) is 0 Å². The molecule has 2 aliphatic rings. The van der Waals surface area contributed by atoms with Crippen LogP contribution in [0.3, 0.4) is 0 Å². The third kappa shape index (κ3) is 2.49. The second-order valence-electron chi connectivity index (χ2n) is 5.92. The SMILES string of the molecule is CNC1CCc2c(OCC3(O)CCCC3)cccc21. The van der Waals surface area contributed by atoms with E-state index in [4.69, 9.17) is 4.74 Å². The van der Waals surface area contributed by atoms with Crippen LogP contribution in [0.5, 0.6) is 5.75 Å². The van der Waals surface area contributed by atoms with E-state index in [1.54, 1.807) is 0 Å². The summed E-state index contributed by atoms with van der Waals surface area (Å²) in [5.74, 6) is 0.968. The van der Waals surface area contributed by atoms with Gasteiger partial charge in [0.15, 0.2) is 0 Å². The molecular formula is C16H23NO2. The number of ether oxygens (including phenoxy) is 1. The summed E-state index contributed by atoms with van der Waals surface area (Å²) in [5, 5.41) is 13.7. The number of hydrogen-bond acceptors (Lipinski definition) is 3. The van der Waals surface area contributed by atoms with Gasteiger partial charge in [-0.1, -0.05) is 25.0 Å². The van der Waals surface area contributed by atoms with E-state index in [0.717, 1.165) is 44.3 Å². The maximum Gasteiger partial charge on any atom is 0.122 e. The second kappa shape index (κ2) is 5.14. The van der Waals surface area contributed by atoms with Crippen molar-refractivity contribution >= 4 is 0 Å². The molecule has 0 amide bonds. The number of fused-ring (bicyclic) bond motifs is 1. The van der Waals surface area contributed by atoms with Gasteiger partial charge in [-0.2, -0.15) is 0 Å². The molecule has 0 saturated heterocycles. The first-order valence-corrected chi connectivity index (χ1v) is 7.36. The molecule has 1 aromatic rings. The topological polar surface area (TPSA) is 41.5 Å². The molecule has 0 aliphatic heterocycles. The van der Waals surface area contributed by atoms with Crippen LogP contribution in [0.1, 0.15) is 49.3 Å². The predicted molar refractivity (Wildman–Crippen MR) is 75.5 cm³/mol. The van der Waals surface area contributed by atoms with Crippen LogP contribution in [0.25, 0.3) is 0 Å². The molecule has 104 valence electrons. The fourth-order valence-electron chi connectivity index (χ4n) is 3.45. The van der Waals surface area contributed by atoms with Gasteiger partial charge in [-0.25, -0.2) is 0 Å². The van der Waals surface area contributed by atoms with Crippen LogP contribution in [-0.4, -0.2) is 24.4 Å². The van der Waals surface area contributed by atoms with Gasteiger partial charge in [0.1, 0.15) is 12.4 Å². The predicted octanol–water partition coefficient (Wildman–Crippen LogP) is 2.58. The normalized spacial score (nSPS) is 24.4. The van der Waals surface area contributed by atoms with Gasteiger partial charge < -0.3 is 15.2 Å². The van der Waals surface area contributed by atoms with E-state index in [1.807, 2.05) is 13.1 Å². The van der Waals surface area contributed by atoms with E-state index in [9.17, 15) is 5.11 Å². The Morgan fingerprint density at radius 2 is 2.16 bits per heavy atom. The third-order valence-electron chi connectivity index (χ3n) is 4.61. The van der Waals surface area contributed by atoms with Crippen LogP contribution >= 0.6 is 0 Å². The number of benzene rings is 1. The van der Waals surface area contributed by atoms with Gasteiger partial charge in [-0.3, -0.25) is 0 Å². The van der Waals surface area contributed by atoms with Gasteiger partial charge in [-0.15, -0.1) is 0 Å². The molecule has 0 radical (unpaired) electrons. The molecule has 1 unspecified atom stereocenters. The molecular weight excluding hydrogens is 238 g/mol. The highest BCUT2D eigenvalue weighted by molar-refractivity contribution is 5.45. The zero-order valence-electron chi connectivity index (χ0n) is 11.6. The molecule has 1 aromatic carbocycles. The summed E-state index contributed by atoms with van der Waals surface area (Å²) in [6, 6.07) is 6.73. The maximum atomic E-state index is 10.4. The first kappa shape index (κ1) is 12.9. The molecule has 1 atom stereocenters. The molecule has 3 rings (SSSR count). The van der Waals surface area contributed by atoms with Crippen molar-refractivity contribution in [3.63, 3.8) is 0 Å². The van der Waals surface area contributed by atoms with Crippen molar-refractivity contribution in [2.24, 2.45) is 0 Å². The van der Waals surface area contributed by atoms with Crippen LogP contribution in [-0.2, 0) is 6.42 Å². The van der Waals surface area contributed by atoms with Gasteiger partial charge >= 0.3 is 0 Å². The Hall–Kier alpha value is -1.06. The van der Waals surface area contributed by atoms with E-state index in [1.165, 1.54) is 11.1 Å². The minimum Gasteiger partial charge on any atom is -0.490 e. The molecule has 0 heterocycles. The number of nitrogens with one attached hydrogen (secondary N) is 1. The Balaban J connectivity index is 1.74. The quantitative estimate of drug-likeness (QED) is 0.875. The summed E-state index contributed by atoms with van der Waals surface area (Å²) < 4.78 is 5.95. The molecule has 3 nitrogen and oxygen atoms in total. The minimum absolute atomic E-state index is 0.438. The Morgan fingerprint density at radius 3 is 2.89 bits per heavy atom. The van der Waals surface area contributed by atoms with Crippen LogP contribution < -0.4 is 10.1 Å². The van der Waals surface area contributed by atoms with Crippen LogP contribution in [0.2, 0.25) is 0 Å². The lowest BCUT2D eigenvalue weighted by Crippen LogP contribution is -2.32. The first-order chi connectivity index (χ1) is 9.22. The number of rotatable bonds is 4. The Bertz CT molecular complexity index is 452. The standard InChI is InChI=1S/C16H23NO2/c1-17-14-8-7-13-12(14)5-4-6-15(13)19-11-16(18)9-2-3-10-16/h4-6,14,17-18H,2-3,7-11H2,1H3. The Kier molecular flexibility index (Phi) is 3.50. The highest BCUT2D eigenvalue weighted by Crippen LogP contribution is 2.37. The average Bonchev–Trinajstić information content (AvgIpc) is 3.03. The number of aliphatic hydroxyl groups is 1. The lowest BCUT2D eigenvalue weighted by molar-refractivity contribution is 0.00116. The van der Waals surface area contributed by atoms with Gasteiger partial charge in [-0.05, 0) is 49.9 Å². The second-order valence-corrected chi connectivity index (χ2v) is 5.92. The lowest BCUT2D eigenvalue weighted by atomic mass is 10.0. The lowest BCUT2D eigenvalue weighted by Gasteiger charge is -2.23. The third-order valence-corrected chi connectivity index (χ3v) is 4.61. The van der Waals surface area contributed by atoms with Crippen molar-refractivity contribution in [3.8, 4) is 5.75 Å². The molecule has 2 N–H and O–H groups in total. The Morgan fingerprint density at radius 1 is 1.37 bits per heavy atom. The van der Waals surface area contributed by atoms with Crippen molar-refractivity contribution in [1.29, 1.82) is 0 Å². The molecule has 0 bridgehead atoms. The van der Waals surface area contributed by atoms with E-state index in [2.05, 4.69) is 17.4 Å². The van der Waals surface area contributed by atoms with Crippen molar-refractivity contribution in [2.45, 2.75) is 50.2 Å². The van der Waals surface area contributed by atoms with Crippen LogP contribution in [0.15, 0.2) is 18.2 Å². The first-order valence-electron chi connectivity index (χ1n) is 7.36. The van der Waals surface area contributed by atoms with Crippen molar-refractivity contribution in [2.75, 3.05) is 13.7 Å². The van der Waals surface area contributed by atoms with E-state index in [-0.39, 0.29) is 0 Å². The monoisotopic (exact) mass is 261 g/mol. The zero-order valence-corrected chi connectivity index (χ0v) is 11.6. The molecule has 3 heteroatoms. The van der Waals surface area contributed by atoms with Gasteiger partial charge in [0, 0.05) is 6.04 Å². The van der Waals surface area contributed by atoms with E-state index < -0.39 is 5.60 Å². The summed E-state index contributed by atoms with van der Waals surface area (Å²) in [6.45, 7) is 0.438. The molecule has 1 fully saturated rings. The van der Waals surface area contributed by atoms with Gasteiger partial charge in [0.05, 0.1) is 5.60 Å².